The fourth-order valence-electron chi connectivity index (χ4n) is 0.661. The monoisotopic (exact) mass is 171 g/mol. The van der Waals surface area contributed by atoms with Gasteiger partial charge in [-0.2, -0.15) is 0 Å². The molecule has 1 amide bonds. The molecule has 0 aromatic heterocycles. The lowest BCUT2D eigenvalue weighted by Gasteiger charge is -2.13. The van der Waals surface area contributed by atoms with E-state index in [1.165, 1.54) is 6.08 Å². The maximum Gasteiger partial charge on any atom is 0.245 e. The highest BCUT2D eigenvalue weighted by Gasteiger charge is 2.00. The van der Waals surface area contributed by atoms with Crippen molar-refractivity contribution in [1.82, 2.24) is 4.90 Å². The van der Waals surface area contributed by atoms with Crippen LogP contribution in [0, 0.1) is 0 Å². The van der Waals surface area contributed by atoms with Gasteiger partial charge in [0.05, 0.1) is 0 Å². The topological polar surface area (TPSA) is 20.3 Å². The molecule has 0 saturated heterocycles. The van der Waals surface area contributed by atoms with Crippen molar-refractivity contribution in [3.63, 3.8) is 0 Å². The Bertz CT molecular complexity index is 121. The first-order valence-electron chi connectivity index (χ1n) is 4.60. The second kappa shape index (κ2) is 10.2. The molecule has 2 heteroatoms. The van der Waals surface area contributed by atoms with E-state index in [9.17, 15) is 4.79 Å². The summed E-state index contributed by atoms with van der Waals surface area (Å²) in [5.41, 5.74) is 0. The smallest absolute Gasteiger partial charge is 0.245 e. The number of carbonyl (C=O) groups excluding carboxylic acids is 1. The lowest BCUT2D eigenvalue weighted by Crippen LogP contribution is -2.25. The summed E-state index contributed by atoms with van der Waals surface area (Å²) < 4.78 is 0. The zero-order valence-corrected chi connectivity index (χ0v) is 8.76. The van der Waals surface area contributed by atoms with E-state index in [4.69, 9.17) is 0 Å². The van der Waals surface area contributed by atoms with Crippen molar-refractivity contribution in [3.05, 3.63) is 12.7 Å². The Morgan fingerprint density at radius 2 is 2.00 bits per heavy atom. The molecule has 0 heterocycles. The second-order valence-electron chi connectivity index (χ2n) is 2.32. The van der Waals surface area contributed by atoms with Crippen molar-refractivity contribution >= 4 is 5.91 Å². The van der Waals surface area contributed by atoms with Crippen molar-refractivity contribution in [2.45, 2.75) is 33.6 Å². The molecule has 0 aliphatic carbocycles. The van der Waals surface area contributed by atoms with Crippen molar-refractivity contribution in [2.24, 2.45) is 0 Å². The molecule has 0 rings (SSSR count). The van der Waals surface area contributed by atoms with Gasteiger partial charge >= 0.3 is 0 Å². The van der Waals surface area contributed by atoms with E-state index in [1.54, 1.807) is 11.9 Å². The van der Waals surface area contributed by atoms with Gasteiger partial charge in [-0.1, -0.05) is 33.8 Å². The highest BCUT2D eigenvalue weighted by Crippen LogP contribution is 1.91. The number of carbonyl (C=O) groups is 1. The quantitative estimate of drug-likeness (QED) is 0.595. The van der Waals surface area contributed by atoms with Gasteiger partial charge in [-0.3, -0.25) is 4.79 Å². The Hall–Kier alpha value is -0.790. The van der Waals surface area contributed by atoms with E-state index >= 15 is 0 Å². The van der Waals surface area contributed by atoms with E-state index < -0.39 is 0 Å². The van der Waals surface area contributed by atoms with E-state index in [0.29, 0.717) is 0 Å². The third-order valence-corrected chi connectivity index (χ3v) is 1.40. The number of amides is 1. The molecule has 0 radical (unpaired) electrons. The van der Waals surface area contributed by atoms with Crippen LogP contribution in [0.4, 0.5) is 0 Å². The fraction of sp³-hybridized carbons (Fsp3) is 0.700. The van der Waals surface area contributed by atoms with Gasteiger partial charge in [-0.15, -0.1) is 0 Å². The van der Waals surface area contributed by atoms with Crippen molar-refractivity contribution in [1.29, 1.82) is 0 Å². The summed E-state index contributed by atoms with van der Waals surface area (Å²) in [5, 5.41) is 0. The average molecular weight is 171 g/mol. The van der Waals surface area contributed by atoms with E-state index in [0.717, 1.165) is 19.4 Å². The molecule has 0 aromatic carbocycles. The summed E-state index contributed by atoms with van der Waals surface area (Å²) in [6.45, 7) is 10.3. The number of hydrogen-bond donors (Lipinski definition) is 0. The van der Waals surface area contributed by atoms with E-state index in [-0.39, 0.29) is 5.91 Å². The largest absolute Gasteiger partial charge is 0.342 e. The lowest BCUT2D eigenvalue weighted by molar-refractivity contribution is -0.124. The average Bonchev–Trinajstić information content (AvgIpc) is 2.16. The summed E-state index contributed by atoms with van der Waals surface area (Å²) in [6.07, 6.45) is 3.53. The first-order valence-corrected chi connectivity index (χ1v) is 4.60. The number of nitrogens with zero attached hydrogens (tertiary/aromatic N) is 1. The third kappa shape index (κ3) is 7.32. The molecule has 0 N–H and O–H groups in total. The van der Waals surface area contributed by atoms with Crippen LogP contribution in [-0.2, 0) is 4.79 Å². The molecule has 0 fully saturated rings. The highest BCUT2D eigenvalue weighted by atomic mass is 16.2. The minimum atomic E-state index is 0.00782. The molecule has 0 bridgehead atoms. The fourth-order valence-corrected chi connectivity index (χ4v) is 0.661. The van der Waals surface area contributed by atoms with Crippen LogP contribution in [0.15, 0.2) is 12.7 Å². The minimum absolute atomic E-state index is 0.00782. The molecule has 0 atom stereocenters. The predicted octanol–water partition coefficient (Wildman–Crippen LogP) is 2.46. The molecular weight excluding hydrogens is 150 g/mol. The summed E-state index contributed by atoms with van der Waals surface area (Å²) in [6, 6.07) is 0. The van der Waals surface area contributed by atoms with Crippen LogP contribution < -0.4 is 0 Å². The summed E-state index contributed by atoms with van der Waals surface area (Å²) in [5.74, 6) is 0.00782. The predicted molar refractivity (Wildman–Crippen MR) is 54.1 cm³/mol. The zero-order chi connectivity index (χ0) is 9.98. The maximum atomic E-state index is 10.8. The number of unbranched alkanes of at least 4 members (excludes halogenated alkanes) is 1. The first-order chi connectivity index (χ1) is 5.72. The molecule has 0 aromatic rings. The minimum Gasteiger partial charge on any atom is -0.342 e. The van der Waals surface area contributed by atoms with Gasteiger partial charge in [0.25, 0.3) is 0 Å². The van der Waals surface area contributed by atoms with Crippen LogP contribution in [0.1, 0.15) is 33.6 Å². The van der Waals surface area contributed by atoms with E-state index in [1.807, 2.05) is 13.8 Å². The molecule has 72 valence electrons. The van der Waals surface area contributed by atoms with Gasteiger partial charge in [0.15, 0.2) is 0 Å². The molecule has 0 aliphatic heterocycles. The zero-order valence-electron chi connectivity index (χ0n) is 8.76. The van der Waals surface area contributed by atoms with Gasteiger partial charge in [0, 0.05) is 13.6 Å². The van der Waals surface area contributed by atoms with Crippen LogP contribution in [0.5, 0.6) is 0 Å². The van der Waals surface area contributed by atoms with Gasteiger partial charge in [-0.05, 0) is 12.5 Å². The molecular formula is C10H21NO. The Morgan fingerprint density at radius 3 is 2.33 bits per heavy atom. The number of rotatable bonds is 4. The maximum absolute atomic E-state index is 10.8. The molecule has 0 saturated carbocycles. The number of likely N-dealkylation sites (N-methyl/N-ethyl adjacent to an activating group) is 1. The summed E-state index contributed by atoms with van der Waals surface area (Å²) in [4.78, 5) is 12.5. The summed E-state index contributed by atoms with van der Waals surface area (Å²) >= 11 is 0. The Labute approximate surface area is 76.3 Å². The number of hydrogen-bond acceptors (Lipinski definition) is 1. The van der Waals surface area contributed by atoms with Crippen LogP contribution in [-0.4, -0.2) is 24.4 Å². The molecule has 0 spiro atoms. The SMILES string of the molecule is C=CC(=O)N(C)CCCC.CC. The Balaban J connectivity index is 0. The first kappa shape index (κ1) is 13.8. The van der Waals surface area contributed by atoms with E-state index in [2.05, 4.69) is 13.5 Å². The van der Waals surface area contributed by atoms with Crippen molar-refractivity contribution < 1.29 is 4.79 Å². The normalized spacial score (nSPS) is 8.00. The lowest BCUT2D eigenvalue weighted by atomic mass is 10.3. The molecule has 12 heavy (non-hydrogen) atoms. The van der Waals surface area contributed by atoms with Crippen molar-refractivity contribution in [3.8, 4) is 0 Å². The van der Waals surface area contributed by atoms with Gasteiger partial charge in [-0.25, -0.2) is 0 Å². The van der Waals surface area contributed by atoms with Gasteiger partial charge in [0.1, 0.15) is 0 Å². The van der Waals surface area contributed by atoms with Crippen molar-refractivity contribution in [2.75, 3.05) is 13.6 Å². The highest BCUT2D eigenvalue weighted by molar-refractivity contribution is 5.86. The molecule has 0 unspecified atom stereocenters. The third-order valence-electron chi connectivity index (χ3n) is 1.40. The van der Waals surface area contributed by atoms with Crippen LogP contribution in [0.3, 0.4) is 0 Å². The van der Waals surface area contributed by atoms with Crippen LogP contribution in [0.25, 0.3) is 0 Å². The summed E-state index contributed by atoms with van der Waals surface area (Å²) in [7, 11) is 1.79. The standard InChI is InChI=1S/C8H15NO.C2H6/c1-4-6-7-9(3)8(10)5-2;1-2/h5H,2,4,6-7H2,1,3H3;1-2H3. The van der Waals surface area contributed by atoms with Crippen LogP contribution in [0.2, 0.25) is 0 Å². The van der Waals surface area contributed by atoms with Crippen LogP contribution >= 0.6 is 0 Å². The molecule has 2 nitrogen and oxygen atoms in total. The Kier molecular flexibility index (Phi) is 11.7. The second-order valence-corrected chi connectivity index (χ2v) is 2.32. The van der Waals surface area contributed by atoms with Gasteiger partial charge < -0.3 is 4.90 Å². The molecule has 0 aliphatic rings. The van der Waals surface area contributed by atoms with Gasteiger partial charge in [0.2, 0.25) is 5.91 Å². The Morgan fingerprint density at radius 1 is 1.50 bits per heavy atom.